The number of methoxy groups -OCH3 is 1. The minimum atomic E-state index is -0.561. The Bertz CT molecular complexity index is 1060. The molecule has 6 heteroatoms. The minimum absolute atomic E-state index is 0.130. The van der Waals surface area contributed by atoms with Gasteiger partial charge in [0.05, 0.1) is 24.8 Å². The van der Waals surface area contributed by atoms with Crippen LogP contribution in [0.25, 0.3) is 10.9 Å². The lowest BCUT2D eigenvalue weighted by Gasteiger charge is -2.07. The molecule has 1 heterocycles. The Morgan fingerprint density at radius 2 is 1.79 bits per heavy atom. The molecule has 0 saturated carbocycles. The fourth-order valence-corrected chi connectivity index (χ4v) is 2.61. The second-order valence-electron chi connectivity index (χ2n) is 5.69. The van der Waals surface area contributed by atoms with Crippen LogP contribution >= 0.6 is 0 Å². The summed E-state index contributed by atoms with van der Waals surface area (Å²) in [7, 11) is 1.27. The number of amides is 1. The van der Waals surface area contributed by atoms with E-state index in [1.165, 1.54) is 7.11 Å². The first-order chi connectivity index (χ1) is 13.7. The molecule has 0 fully saturated rings. The topological polar surface area (TPSA) is 77.5 Å². The Kier molecular flexibility index (Phi) is 6.21. The number of para-hydroxylation sites is 1. The van der Waals surface area contributed by atoms with Crippen molar-refractivity contribution in [2.45, 2.75) is 0 Å². The highest BCUT2D eigenvalue weighted by molar-refractivity contribution is 6.05. The van der Waals surface area contributed by atoms with E-state index in [2.05, 4.69) is 26.9 Å². The zero-order chi connectivity index (χ0) is 19.8. The zero-order valence-corrected chi connectivity index (χ0v) is 15.3. The van der Waals surface area contributed by atoms with Gasteiger partial charge in [0.25, 0.3) is 5.91 Å². The van der Waals surface area contributed by atoms with E-state index < -0.39 is 11.9 Å². The lowest BCUT2D eigenvalue weighted by molar-refractivity contribution is 0.0596. The number of nitrogens with zero attached hydrogens (tertiary/aromatic N) is 1. The Morgan fingerprint density at radius 1 is 1.00 bits per heavy atom. The molecule has 2 aromatic carbocycles. The Labute approximate surface area is 162 Å². The number of rotatable bonds is 5. The first-order valence-electron chi connectivity index (χ1n) is 8.58. The van der Waals surface area contributed by atoms with Crippen LogP contribution < -0.4 is 10.1 Å². The third-order valence-corrected chi connectivity index (χ3v) is 3.93. The number of ether oxygens (including phenoxy) is 2. The predicted octanol–water partition coefficient (Wildman–Crippen LogP) is 2.83. The number of aromatic nitrogens is 1. The monoisotopic (exact) mass is 374 g/mol. The molecule has 3 aromatic rings. The molecular formula is C22H18N2O4. The van der Waals surface area contributed by atoms with Crippen molar-refractivity contribution in [2.75, 3.05) is 20.3 Å². The van der Waals surface area contributed by atoms with Crippen LogP contribution in [-0.4, -0.2) is 37.1 Å². The van der Waals surface area contributed by atoms with Gasteiger partial charge in [0.2, 0.25) is 0 Å². The maximum Gasteiger partial charge on any atom is 0.338 e. The quantitative estimate of drug-likeness (QED) is 0.549. The number of carbonyl (C=O) groups is 2. The summed E-state index contributed by atoms with van der Waals surface area (Å²) < 4.78 is 10.4. The van der Waals surface area contributed by atoms with E-state index in [0.717, 1.165) is 10.9 Å². The first kappa shape index (κ1) is 18.9. The number of esters is 1. The molecule has 0 aliphatic carbocycles. The number of nitrogens with one attached hydrogen (secondary N) is 1. The molecule has 0 aliphatic rings. The van der Waals surface area contributed by atoms with Crippen LogP contribution in [0.3, 0.4) is 0 Å². The fourth-order valence-electron chi connectivity index (χ4n) is 2.61. The maximum absolute atomic E-state index is 12.3. The Hall–Kier alpha value is -3.85. The molecule has 0 spiro atoms. The van der Waals surface area contributed by atoms with Crippen LogP contribution in [0.2, 0.25) is 0 Å². The lowest BCUT2D eigenvalue weighted by Crippen LogP contribution is -2.25. The van der Waals surface area contributed by atoms with E-state index in [0.29, 0.717) is 5.75 Å². The number of fused-ring (bicyclic) bond motifs is 1. The van der Waals surface area contributed by atoms with Gasteiger partial charge in [-0.15, -0.1) is 0 Å². The first-order valence-corrected chi connectivity index (χ1v) is 8.58. The van der Waals surface area contributed by atoms with Gasteiger partial charge in [0.1, 0.15) is 17.9 Å². The van der Waals surface area contributed by atoms with E-state index >= 15 is 0 Å². The highest BCUT2D eigenvalue weighted by atomic mass is 16.5. The van der Waals surface area contributed by atoms with Gasteiger partial charge in [-0.25, -0.2) is 4.79 Å². The van der Waals surface area contributed by atoms with Crippen LogP contribution in [0.1, 0.15) is 20.7 Å². The summed E-state index contributed by atoms with van der Waals surface area (Å²) in [6.45, 7) is 0.301. The van der Waals surface area contributed by atoms with Crippen molar-refractivity contribution in [1.29, 1.82) is 0 Å². The summed E-state index contributed by atoms with van der Waals surface area (Å²) in [5.74, 6) is 5.37. The van der Waals surface area contributed by atoms with Crippen molar-refractivity contribution in [2.24, 2.45) is 0 Å². The highest BCUT2D eigenvalue weighted by Gasteiger charge is 2.16. The molecule has 6 nitrogen and oxygen atoms in total. The molecule has 28 heavy (non-hydrogen) atoms. The molecule has 1 amide bonds. The summed E-state index contributed by atoms with van der Waals surface area (Å²) in [4.78, 5) is 28.3. The van der Waals surface area contributed by atoms with E-state index in [1.807, 2.05) is 30.3 Å². The molecule has 0 unspecified atom stereocenters. The SMILES string of the molecule is COC(=O)c1ccccc1C(=O)NCC#CCOc1cccc2cccnc12. The molecule has 3 rings (SSSR count). The molecule has 0 aliphatic heterocycles. The standard InChI is InChI=1S/C22H18N2O4/c1-27-22(26)18-11-3-2-10-17(18)21(25)24-13-4-5-15-28-19-12-6-8-16-9-7-14-23-20(16)19/h2-3,6-12,14H,13,15H2,1H3,(H,24,25). The van der Waals surface area contributed by atoms with Gasteiger partial charge in [-0.05, 0) is 24.3 Å². The van der Waals surface area contributed by atoms with Gasteiger partial charge in [0, 0.05) is 11.6 Å². The third kappa shape index (κ3) is 4.46. The highest BCUT2D eigenvalue weighted by Crippen LogP contribution is 2.22. The number of hydrogen-bond acceptors (Lipinski definition) is 5. The molecule has 140 valence electrons. The summed E-state index contributed by atoms with van der Waals surface area (Å²) in [6.07, 6.45) is 1.71. The average Bonchev–Trinajstić information content (AvgIpc) is 2.75. The molecule has 0 saturated heterocycles. The number of carbonyl (C=O) groups excluding carboxylic acids is 2. The van der Waals surface area contributed by atoms with Gasteiger partial charge in [0.15, 0.2) is 0 Å². The van der Waals surface area contributed by atoms with Crippen LogP contribution in [0.4, 0.5) is 0 Å². The van der Waals surface area contributed by atoms with Gasteiger partial charge in [-0.2, -0.15) is 0 Å². The van der Waals surface area contributed by atoms with Gasteiger partial charge in [-0.3, -0.25) is 9.78 Å². The third-order valence-electron chi connectivity index (χ3n) is 3.93. The lowest BCUT2D eigenvalue weighted by atomic mass is 10.1. The van der Waals surface area contributed by atoms with Crippen LogP contribution in [0.5, 0.6) is 5.75 Å². The molecule has 0 radical (unpaired) electrons. The molecule has 0 bridgehead atoms. The maximum atomic E-state index is 12.3. The normalized spacial score (nSPS) is 9.89. The van der Waals surface area contributed by atoms with Crippen molar-refractivity contribution < 1.29 is 19.1 Å². The van der Waals surface area contributed by atoms with E-state index in [9.17, 15) is 9.59 Å². The molecule has 1 aromatic heterocycles. The van der Waals surface area contributed by atoms with Crippen LogP contribution in [-0.2, 0) is 4.74 Å². The summed E-state index contributed by atoms with van der Waals surface area (Å²) >= 11 is 0. The van der Waals surface area contributed by atoms with Gasteiger partial charge < -0.3 is 14.8 Å². The summed E-state index contributed by atoms with van der Waals surface area (Å²) in [6, 6.07) is 16.0. The van der Waals surface area contributed by atoms with Crippen molar-refractivity contribution in [1.82, 2.24) is 10.3 Å². The largest absolute Gasteiger partial charge is 0.479 e. The molecule has 1 N–H and O–H groups in total. The number of hydrogen-bond donors (Lipinski definition) is 1. The van der Waals surface area contributed by atoms with Gasteiger partial charge >= 0.3 is 5.97 Å². The van der Waals surface area contributed by atoms with Crippen molar-refractivity contribution in [3.05, 3.63) is 71.9 Å². The average molecular weight is 374 g/mol. The summed E-state index contributed by atoms with van der Waals surface area (Å²) in [5.41, 5.74) is 1.23. The zero-order valence-electron chi connectivity index (χ0n) is 15.3. The number of benzene rings is 2. The molecular weight excluding hydrogens is 356 g/mol. The van der Waals surface area contributed by atoms with Crippen LogP contribution in [0.15, 0.2) is 60.8 Å². The fraction of sp³-hybridized carbons (Fsp3) is 0.136. The Morgan fingerprint density at radius 3 is 2.61 bits per heavy atom. The van der Waals surface area contributed by atoms with Crippen molar-refractivity contribution >= 4 is 22.8 Å². The van der Waals surface area contributed by atoms with Crippen molar-refractivity contribution in [3.63, 3.8) is 0 Å². The van der Waals surface area contributed by atoms with E-state index in [-0.39, 0.29) is 24.3 Å². The van der Waals surface area contributed by atoms with E-state index in [1.54, 1.807) is 30.5 Å². The smallest absolute Gasteiger partial charge is 0.338 e. The van der Waals surface area contributed by atoms with Crippen LogP contribution in [0, 0.1) is 11.8 Å². The Balaban J connectivity index is 1.55. The number of pyridine rings is 1. The second-order valence-corrected chi connectivity index (χ2v) is 5.69. The van der Waals surface area contributed by atoms with Gasteiger partial charge in [-0.1, -0.05) is 42.2 Å². The van der Waals surface area contributed by atoms with Crippen molar-refractivity contribution in [3.8, 4) is 17.6 Å². The molecule has 0 atom stereocenters. The second kappa shape index (κ2) is 9.19. The van der Waals surface area contributed by atoms with E-state index in [4.69, 9.17) is 4.74 Å². The summed E-state index contributed by atoms with van der Waals surface area (Å²) in [5, 5.41) is 3.65. The predicted molar refractivity (Wildman–Crippen MR) is 105 cm³/mol. The minimum Gasteiger partial charge on any atom is -0.479 e.